The number of hydrogen-bond acceptors (Lipinski definition) is 6. The molecule has 4 N–H and O–H groups in total. The number of amides is 1. The van der Waals surface area contributed by atoms with Gasteiger partial charge in [-0.2, -0.15) is 0 Å². The highest BCUT2D eigenvalue weighted by atomic mass is 32.1. The smallest absolute Gasteiger partial charge is 0.353 e. The molecule has 1 heterocycles. The number of nitrogens with one attached hydrogen (secondary N) is 2. The molecular formula is C22H24FN3O4S. The number of carbonyl (C=O) groups is 3. The molecule has 0 aliphatic heterocycles. The number of nitrogens with two attached hydrogens (primary N) is 1. The second-order valence-electron chi connectivity index (χ2n) is 8.36. The molecule has 0 saturated heterocycles. The number of ether oxygens (including phenoxy) is 1. The predicted molar refractivity (Wildman–Crippen MR) is 115 cm³/mol. The van der Waals surface area contributed by atoms with Gasteiger partial charge in [-0.1, -0.05) is 13.8 Å². The molecule has 31 heavy (non-hydrogen) atoms. The van der Waals surface area contributed by atoms with Gasteiger partial charge in [-0.3, -0.25) is 10.2 Å². The van der Waals surface area contributed by atoms with E-state index in [1.807, 2.05) is 0 Å². The minimum Gasteiger partial charge on any atom is -0.419 e. The quantitative estimate of drug-likeness (QED) is 0.189. The Labute approximate surface area is 183 Å². The number of aldehydes is 1. The fourth-order valence-corrected chi connectivity index (χ4v) is 4.34. The van der Waals surface area contributed by atoms with Crippen molar-refractivity contribution >= 4 is 35.3 Å². The molecule has 164 valence electrons. The van der Waals surface area contributed by atoms with E-state index in [1.165, 1.54) is 12.1 Å². The van der Waals surface area contributed by atoms with Crippen molar-refractivity contribution in [2.75, 3.05) is 0 Å². The molecule has 1 aliphatic carbocycles. The summed E-state index contributed by atoms with van der Waals surface area (Å²) in [4.78, 5) is 37.5. The Morgan fingerprint density at radius 1 is 1.32 bits per heavy atom. The van der Waals surface area contributed by atoms with Crippen molar-refractivity contribution < 1.29 is 23.5 Å². The van der Waals surface area contributed by atoms with Crippen molar-refractivity contribution in [2.24, 2.45) is 11.1 Å². The fraction of sp³-hybridized carbons (Fsp3) is 0.364. The number of hydrogen-bond donors (Lipinski definition) is 3. The zero-order valence-corrected chi connectivity index (χ0v) is 18.1. The number of nitrogen functional groups attached to an aromatic ring is 1. The lowest BCUT2D eigenvalue weighted by atomic mass is 9.76. The van der Waals surface area contributed by atoms with Gasteiger partial charge in [0.25, 0.3) is 0 Å². The molecule has 1 aromatic heterocycles. The summed E-state index contributed by atoms with van der Waals surface area (Å²) in [6.45, 7) is 3.56. The van der Waals surface area contributed by atoms with Crippen molar-refractivity contribution in [3.63, 3.8) is 0 Å². The minimum absolute atomic E-state index is 0.189. The third-order valence-electron chi connectivity index (χ3n) is 5.37. The number of carbonyl (C=O) groups excluding carboxylic acids is 3. The van der Waals surface area contributed by atoms with Crippen LogP contribution >= 0.6 is 11.3 Å². The molecule has 0 bridgehead atoms. The number of esters is 1. The Hall–Kier alpha value is -3.07. The Bertz CT molecular complexity index is 1040. The van der Waals surface area contributed by atoms with E-state index in [0.717, 1.165) is 35.0 Å². The monoisotopic (exact) mass is 445 g/mol. The Morgan fingerprint density at radius 3 is 2.58 bits per heavy atom. The van der Waals surface area contributed by atoms with Crippen LogP contribution in [0.2, 0.25) is 0 Å². The van der Waals surface area contributed by atoms with Crippen LogP contribution in [0.4, 0.5) is 4.39 Å². The van der Waals surface area contributed by atoms with E-state index < -0.39 is 22.7 Å². The summed E-state index contributed by atoms with van der Waals surface area (Å²) in [6, 6.07) is 6.96. The second-order valence-corrected chi connectivity index (χ2v) is 9.53. The fourth-order valence-electron chi connectivity index (χ4n) is 3.23. The van der Waals surface area contributed by atoms with Gasteiger partial charge >= 0.3 is 5.97 Å². The van der Waals surface area contributed by atoms with Crippen molar-refractivity contribution in [3.8, 4) is 5.75 Å². The average Bonchev–Trinajstić information content (AvgIpc) is 3.13. The molecule has 0 spiro atoms. The Balaban J connectivity index is 1.65. The van der Waals surface area contributed by atoms with Crippen LogP contribution in [0, 0.1) is 16.6 Å². The molecule has 7 nitrogen and oxygen atoms in total. The van der Waals surface area contributed by atoms with Crippen molar-refractivity contribution in [1.82, 2.24) is 5.32 Å². The van der Waals surface area contributed by atoms with Crippen LogP contribution in [-0.4, -0.2) is 29.5 Å². The molecule has 0 atom stereocenters. The van der Waals surface area contributed by atoms with Crippen LogP contribution in [0.25, 0.3) is 0 Å². The van der Waals surface area contributed by atoms with Crippen molar-refractivity contribution in [2.45, 2.75) is 45.1 Å². The van der Waals surface area contributed by atoms with E-state index >= 15 is 0 Å². The Morgan fingerprint density at radius 2 is 2.03 bits per heavy atom. The number of amidine groups is 1. The molecule has 1 aromatic carbocycles. The zero-order valence-electron chi connectivity index (χ0n) is 17.3. The van der Waals surface area contributed by atoms with Gasteiger partial charge in [-0.25, -0.2) is 9.18 Å². The lowest BCUT2D eigenvalue weighted by molar-refractivity contribution is -0.135. The van der Waals surface area contributed by atoms with Crippen LogP contribution in [-0.2, 0) is 16.0 Å². The molecular weight excluding hydrogens is 421 g/mol. The van der Waals surface area contributed by atoms with Crippen LogP contribution in [0.15, 0.2) is 30.3 Å². The lowest BCUT2D eigenvalue weighted by Gasteiger charge is -2.39. The van der Waals surface area contributed by atoms with Gasteiger partial charge in [-0.15, -0.1) is 11.3 Å². The first-order valence-electron chi connectivity index (χ1n) is 9.79. The van der Waals surface area contributed by atoms with Gasteiger partial charge in [-0.05, 0) is 56.0 Å². The van der Waals surface area contributed by atoms with Gasteiger partial charge in [0.05, 0.1) is 5.54 Å². The van der Waals surface area contributed by atoms with E-state index in [-0.39, 0.29) is 27.9 Å². The van der Waals surface area contributed by atoms with Crippen molar-refractivity contribution in [1.29, 1.82) is 5.41 Å². The van der Waals surface area contributed by atoms with Crippen LogP contribution in [0.3, 0.4) is 0 Å². The van der Waals surface area contributed by atoms with Gasteiger partial charge < -0.3 is 20.6 Å². The number of rotatable bonds is 8. The highest BCUT2D eigenvalue weighted by molar-refractivity contribution is 7.14. The minimum atomic E-state index is -0.796. The molecule has 0 unspecified atom stereocenters. The first-order valence-corrected chi connectivity index (χ1v) is 10.6. The number of halogens is 1. The zero-order chi connectivity index (χ0) is 22.8. The van der Waals surface area contributed by atoms with Gasteiger partial charge in [0, 0.05) is 15.9 Å². The van der Waals surface area contributed by atoms with E-state index in [9.17, 15) is 18.8 Å². The lowest BCUT2D eigenvalue weighted by Crippen LogP contribution is -2.57. The first-order chi connectivity index (χ1) is 14.5. The number of benzene rings is 1. The first kappa shape index (κ1) is 22.6. The summed E-state index contributed by atoms with van der Waals surface area (Å²) < 4.78 is 19.2. The normalized spacial score (nSPS) is 14.9. The van der Waals surface area contributed by atoms with E-state index in [0.29, 0.717) is 19.3 Å². The van der Waals surface area contributed by atoms with Gasteiger partial charge in [0.2, 0.25) is 5.91 Å². The summed E-state index contributed by atoms with van der Waals surface area (Å²) in [5.41, 5.74) is 3.97. The summed E-state index contributed by atoms with van der Waals surface area (Å²) >= 11 is 1.16. The van der Waals surface area contributed by atoms with E-state index in [2.05, 4.69) is 5.32 Å². The Kier molecular flexibility index (Phi) is 6.26. The molecule has 1 fully saturated rings. The average molecular weight is 446 g/mol. The topological polar surface area (TPSA) is 122 Å². The second kappa shape index (κ2) is 8.58. The molecule has 1 amide bonds. The van der Waals surface area contributed by atoms with Crippen LogP contribution in [0.5, 0.6) is 5.75 Å². The maximum atomic E-state index is 14.1. The van der Waals surface area contributed by atoms with E-state index in [1.54, 1.807) is 26.0 Å². The van der Waals surface area contributed by atoms with Crippen molar-refractivity contribution in [3.05, 3.63) is 51.5 Å². The molecule has 2 aromatic rings. The van der Waals surface area contributed by atoms with Gasteiger partial charge in [0.1, 0.15) is 17.0 Å². The van der Waals surface area contributed by atoms with Crippen LogP contribution < -0.4 is 15.8 Å². The SMILES string of the molecule is CC(C)(Cc1ccc(C(=O)Oc2ccc(C(=N)N)cc2F)s1)C(=O)NC1(C=O)CCC1. The van der Waals surface area contributed by atoms with E-state index in [4.69, 9.17) is 15.9 Å². The molecule has 1 aliphatic rings. The third-order valence-corrected chi connectivity index (χ3v) is 6.44. The van der Waals surface area contributed by atoms with Crippen LogP contribution in [0.1, 0.15) is 53.2 Å². The molecule has 0 radical (unpaired) electrons. The largest absolute Gasteiger partial charge is 0.419 e. The molecule has 1 saturated carbocycles. The summed E-state index contributed by atoms with van der Waals surface area (Å²) in [6.07, 6.45) is 3.39. The molecule has 9 heteroatoms. The highest BCUT2D eigenvalue weighted by Gasteiger charge is 2.41. The maximum absolute atomic E-state index is 14.1. The number of thiophene rings is 1. The summed E-state index contributed by atoms with van der Waals surface area (Å²) in [7, 11) is 0. The summed E-state index contributed by atoms with van der Waals surface area (Å²) in [5, 5.41) is 10.2. The third kappa shape index (κ3) is 4.99. The standard InChI is InChI=1S/C22H24FN3O4S/c1-21(2,20(29)26-22(12-27)8-3-9-22)11-14-5-7-17(31-14)19(28)30-16-6-4-13(18(24)25)10-15(16)23/h4-7,10,12H,3,8-9,11H2,1-2H3,(H3,24,25)(H,26,29). The highest BCUT2D eigenvalue weighted by Crippen LogP contribution is 2.33. The predicted octanol–water partition coefficient (Wildman–Crippen LogP) is 3.20. The maximum Gasteiger partial charge on any atom is 0.353 e. The molecule has 3 rings (SSSR count). The van der Waals surface area contributed by atoms with Gasteiger partial charge in [0.15, 0.2) is 11.6 Å². The summed E-state index contributed by atoms with van der Waals surface area (Å²) in [5.74, 6) is -2.28.